The van der Waals surface area contributed by atoms with Gasteiger partial charge in [-0.15, -0.1) is 0 Å². The van der Waals surface area contributed by atoms with Gasteiger partial charge in [0.15, 0.2) is 5.82 Å². The van der Waals surface area contributed by atoms with Crippen molar-refractivity contribution >= 4 is 0 Å². The van der Waals surface area contributed by atoms with Gasteiger partial charge in [-0.25, -0.2) is 0 Å². The van der Waals surface area contributed by atoms with Crippen LogP contribution in [0.1, 0.15) is 43.8 Å². The fourth-order valence-corrected chi connectivity index (χ4v) is 3.50. The Morgan fingerprint density at radius 2 is 1.76 bits per heavy atom. The largest absolute Gasteiger partial charge is 0.338 e. The summed E-state index contributed by atoms with van der Waals surface area (Å²) in [4.78, 5) is 9.32. The van der Waals surface area contributed by atoms with Gasteiger partial charge < -0.3 is 15.2 Å². The number of piperazine rings is 1. The molecule has 6 nitrogen and oxygen atoms in total. The van der Waals surface area contributed by atoms with Crippen molar-refractivity contribution in [2.45, 2.75) is 45.2 Å². The Labute approximate surface area is 126 Å². The molecule has 1 aromatic rings. The summed E-state index contributed by atoms with van der Waals surface area (Å²) in [6.07, 6.45) is 7.19. The Kier molecular flexibility index (Phi) is 5.22. The summed E-state index contributed by atoms with van der Waals surface area (Å²) in [5, 5.41) is 3.97. The average Bonchev–Trinajstić information content (AvgIpc) is 2.98. The van der Waals surface area contributed by atoms with Crippen LogP contribution < -0.4 is 5.73 Å². The second-order valence-corrected chi connectivity index (χ2v) is 6.39. The molecule has 118 valence electrons. The highest BCUT2D eigenvalue weighted by Gasteiger charge is 2.22. The third-order valence-corrected chi connectivity index (χ3v) is 4.76. The highest BCUT2D eigenvalue weighted by molar-refractivity contribution is 4.87. The first-order valence-electron chi connectivity index (χ1n) is 8.29. The summed E-state index contributed by atoms with van der Waals surface area (Å²) in [5.41, 5.74) is 5.49. The van der Waals surface area contributed by atoms with Crippen LogP contribution in [0.4, 0.5) is 0 Å². The van der Waals surface area contributed by atoms with Crippen molar-refractivity contribution in [3.05, 3.63) is 11.7 Å². The van der Waals surface area contributed by atoms with Crippen molar-refractivity contribution in [1.29, 1.82) is 0 Å². The van der Waals surface area contributed by atoms with Crippen LogP contribution in [-0.2, 0) is 13.1 Å². The average molecular weight is 293 g/mol. The van der Waals surface area contributed by atoms with Gasteiger partial charge in [-0.2, -0.15) is 4.98 Å². The van der Waals surface area contributed by atoms with Gasteiger partial charge in [-0.3, -0.25) is 4.90 Å². The molecule has 6 heteroatoms. The lowest BCUT2D eigenvalue weighted by Gasteiger charge is -2.36. The van der Waals surface area contributed by atoms with Crippen molar-refractivity contribution < 1.29 is 4.52 Å². The van der Waals surface area contributed by atoms with E-state index < -0.39 is 0 Å². The molecule has 2 heterocycles. The summed E-state index contributed by atoms with van der Waals surface area (Å²) >= 11 is 0. The van der Waals surface area contributed by atoms with E-state index in [0.29, 0.717) is 12.4 Å². The molecule has 1 aromatic heterocycles. The van der Waals surface area contributed by atoms with Gasteiger partial charge in [0.2, 0.25) is 5.89 Å². The normalized spacial score (nSPS) is 22.7. The lowest BCUT2D eigenvalue weighted by molar-refractivity contribution is 0.103. The summed E-state index contributed by atoms with van der Waals surface area (Å²) in [7, 11) is 0. The lowest BCUT2D eigenvalue weighted by Crippen LogP contribution is -2.47. The molecule has 0 atom stereocenters. The fraction of sp³-hybridized carbons (Fsp3) is 0.867. The summed E-state index contributed by atoms with van der Waals surface area (Å²) in [5.74, 6) is 2.23. The van der Waals surface area contributed by atoms with E-state index >= 15 is 0 Å². The predicted molar refractivity (Wildman–Crippen MR) is 80.5 cm³/mol. The van der Waals surface area contributed by atoms with E-state index in [0.717, 1.165) is 44.5 Å². The molecule has 0 spiro atoms. The Balaban J connectivity index is 1.40. The van der Waals surface area contributed by atoms with Crippen LogP contribution in [0.5, 0.6) is 0 Å². The second-order valence-electron chi connectivity index (χ2n) is 6.39. The van der Waals surface area contributed by atoms with Crippen LogP contribution in [0.3, 0.4) is 0 Å². The molecule has 1 aliphatic heterocycles. The first-order chi connectivity index (χ1) is 10.3. The first kappa shape index (κ1) is 14.9. The van der Waals surface area contributed by atoms with Gasteiger partial charge >= 0.3 is 0 Å². The molecule has 0 unspecified atom stereocenters. The standard InChI is InChI=1S/C15H27N5O/c16-10-15-17-14(18-21-15)12-20-8-6-19(7-9-20)11-13-4-2-1-3-5-13/h13H,1-12,16H2. The zero-order valence-corrected chi connectivity index (χ0v) is 12.8. The number of hydrogen-bond acceptors (Lipinski definition) is 6. The van der Waals surface area contributed by atoms with Gasteiger partial charge in [0.25, 0.3) is 0 Å². The van der Waals surface area contributed by atoms with E-state index in [9.17, 15) is 0 Å². The molecule has 0 bridgehead atoms. The highest BCUT2D eigenvalue weighted by atomic mass is 16.5. The third-order valence-electron chi connectivity index (χ3n) is 4.76. The predicted octanol–water partition coefficient (Wildman–Crippen LogP) is 1.23. The molecule has 21 heavy (non-hydrogen) atoms. The molecule has 2 N–H and O–H groups in total. The van der Waals surface area contributed by atoms with E-state index in [1.54, 1.807) is 0 Å². The number of nitrogens with two attached hydrogens (primary N) is 1. The van der Waals surface area contributed by atoms with Crippen molar-refractivity contribution in [3.8, 4) is 0 Å². The minimum atomic E-state index is 0.322. The molecular weight excluding hydrogens is 266 g/mol. The minimum Gasteiger partial charge on any atom is -0.338 e. The molecule has 3 rings (SSSR count). The molecule has 2 fully saturated rings. The molecule has 2 aliphatic rings. The number of rotatable bonds is 5. The van der Waals surface area contributed by atoms with Crippen LogP contribution in [-0.4, -0.2) is 52.7 Å². The quantitative estimate of drug-likeness (QED) is 0.880. The molecule has 1 saturated carbocycles. The summed E-state index contributed by atoms with van der Waals surface area (Å²) < 4.78 is 5.05. The van der Waals surface area contributed by atoms with Crippen LogP contribution in [0.15, 0.2) is 4.52 Å². The van der Waals surface area contributed by atoms with E-state index in [4.69, 9.17) is 10.3 Å². The van der Waals surface area contributed by atoms with Crippen LogP contribution in [0.25, 0.3) is 0 Å². The molecule has 1 saturated heterocycles. The summed E-state index contributed by atoms with van der Waals surface area (Å²) in [6.45, 7) is 6.92. The molecular formula is C15H27N5O. The van der Waals surface area contributed by atoms with Crippen molar-refractivity contribution in [2.75, 3.05) is 32.7 Å². The van der Waals surface area contributed by atoms with Crippen molar-refractivity contribution in [1.82, 2.24) is 19.9 Å². The van der Waals surface area contributed by atoms with E-state index in [-0.39, 0.29) is 0 Å². The maximum absolute atomic E-state index is 5.49. The van der Waals surface area contributed by atoms with Gasteiger partial charge in [0.1, 0.15) is 0 Å². The van der Waals surface area contributed by atoms with E-state index in [1.807, 2.05) is 0 Å². The minimum absolute atomic E-state index is 0.322. The Morgan fingerprint density at radius 1 is 1.05 bits per heavy atom. The second kappa shape index (κ2) is 7.33. The van der Waals surface area contributed by atoms with Crippen molar-refractivity contribution in [3.63, 3.8) is 0 Å². The zero-order valence-electron chi connectivity index (χ0n) is 12.8. The molecule has 0 amide bonds. The Hall–Kier alpha value is -0.980. The monoisotopic (exact) mass is 293 g/mol. The van der Waals surface area contributed by atoms with Gasteiger partial charge in [0.05, 0.1) is 13.1 Å². The maximum atomic E-state index is 5.49. The maximum Gasteiger partial charge on any atom is 0.240 e. The highest BCUT2D eigenvalue weighted by Crippen LogP contribution is 2.24. The zero-order chi connectivity index (χ0) is 14.5. The summed E-state index contributed by atoms with van der Waals surface area (Å²) in [6, 6.07) is 0. The van der Waals surface area contributed by atoms with Gasteiger partial charge in [-0.1, -0.05) is 24.4 Å². The Morgan fingerprint density at radius 3 is 2.43 bits per heavy atom. The van der Waals surface area contributed by atoms with Gasteiger partial charge in [-0.05, 0) is 18.8 Å². The van der Waals surface area contributed by atoms with E-state index in [1.165, 1.54) is 38.6 Å². The number of hydrogen-bond donors (Lipinski definition) is 1. The van der Waals surface area contributed by atoms with Crippen LogP contribution in [0.2, 0.25) is 0 Å². The molecule has 0 radical (unpaired) electrons. The smallest absolute Gasteiger partial charge is 0.240 e. The SMILES string of the molecule is NCc1nc(CN2CCN(CC3CCCCC3)CC2)no1. The van der Waals surface area contributed by atoms with Crippen molar-refractivity contribution in [2.24, 2.45) is 11.7 Å². The fourth-order valence-electron chi connectivity index (χ4n) is 3.50. The van der Waals surface area contributed by atoms with Crippen LogP contribution >= 0.6 is 0 Å². The van der Waals surface area contributed by atoms with Gasteiger partial charge in [0, 0.05) is 32.7 Å². The first-order valence-corrected chi connectivity index (χ1v) is 8.29. The van der Waals surface area contributed by atoms with Crippen LogP contribution in [0, 0.1) is 5.92 Å². The lowest BCUT2D eigenvalue weighted by atomic mass is 9.89. The molecule has 1 aliphatic carbocycles. The number of nitrogens with zero attached hydrogens (tertiary/aromatic N) is 4. The number of aromatic nitrogens is 2. The topological polar surface area (TPSA) is 71.4 Å². The molecule has 0 aromatic carbocycles. The Bertz CT molecular complexity index is 421. The van der Waals surface area contributed by atoms with E-state index in [2.05, 4.69) is 19.9 Å². The third kappa shape index (κ3) is 4.25.